The highest BCUT2D eigenvalue weighted by Crippen LogP contribution is 2.16. The molecule has 2 rings (SSSR count). The molecular weight excluding hydrogens is 270 g/mol. The fourth-order valence-corrected chi connectivity index (χ4v) is 1.89. The lowest BCUT2D eigenvalue weighted by Crippen LogP contribution is -2.31. The molecule has 2 aromatic rings. The number of aromatic nitrogens is 3. The Kier molecular flexibility index (Phi) is 4.89. The van der Waals surface area contributed by atoms with Crippen molar-refractivity contribution in [2.24, 2.45) is 0 Å². The Bertz CT molecular complexity index is 606. The van der Waals surface area contributed by atoms with E-state index in [2.05, 4.69) is 20.9 Å². The summed E-state index contributed by atoms with van der Waals surface area (Å²) in [6, 6.07) is 7.40. The molecular formula is C14H19N5O2. The molecule has 2 N–H and O–H groups in total. The molecule has 7 heteroatoms. The van der Waals surface area contributed by atoms with Gasteiger partial charge >= 0.3 is 0 Å². The second kappa shape index (κ2) is 6.85. The van der Waals surface area contributed by atoms with Gasteiger partial charge in [-0.3, -0.25) is 4.79 Å². The smallest absolute Gasteiger partial charge is 0.273 e. The molecule has 21 heavy (non-hydrogen) atoms. The van der Waals surface area contributed by atoms with Crippen LogP contribution >= 0.6 is 0 Å². The van der Waals surface area contributed by atoms with E-state index in [9.17, 15) is 4.79 Å². The van der Waals surface area contributed by atoms with Crippen molar-refractivity contribution in [3.05, 3.63) is 35.7 Å². The van der Waals surface area contributed by atoms with Crippen LogP contribution in [0.25, 0.3) is 5.69 Å². The maximum absolute atomic E-state index is 12.0. The number of benzene rings is 1. The van der Waals surface area contributed by atoms with Crippen molar-refractivity contribution in [1.82, 2.24) is 25.6 Å². The van der Waals surface area contributed by atoms with Gasteiger partial charge in [-0.15, -0.1) is 5.10 Å². The number of ether oxygens (including phenoxy) is 1. The van der Waals surface area contributed by atoms with E-state index in [1.165, 1.54) is 0 Å². The first-order chi connectivity index (χ1) is 10.2. The molecule has 0 atom stereocenters. The number of rotatable bonds is 6. The van der Waals surface area contributed by atoms with Crippen molar-refractivity contribution in [2.45, 2.75) is 6.92 Å². The Morgan fingerprint density at radius 1 is 1.29 bits per heavy atom. The quantitative estimate of drug-likeness (QED) is 0.758. The fraction of sp³-hybridized carbons (Fsp3) is 0.357. The minimum absolute atomic E-state index is 0.220. The van der Waals surface area contributed by atoms with Crippen LogP contribution in [0.2, 0.25) is 0 Å². The first-order valence-electron chi connectivity index (χ1n) is 6.67. The first-order valence-corrected chi connectivity index (χ1v) is 6.67. The predicted octanol–water partition coefficient (Wildman–Crippen LogP) is 0.534. The van der Waals surface area contributed by atoms with Crippen LogP contribution in [0.5, 0.6) is 5.75 Å². The Hall–Kier alpha value is -2.41. The second-order valence-corrected chi connectivity index (χ2v) is 4.49. The number of nitrogens with one attached hydrogen (secondary N) is 2. The number of hydrogen-bond acceptors (Lipinski definition) is 5. The lowest BCUT2D eigenvalue weighted by molar-refractivity contribution is 0.0948. The van der Waals surface area contributed by atoms with Gasteiger partial charge in [0, 0.05) is 13.1 Å². The molecule has 0 bridgehead atoms. The Labute approximate surface area is 123 Å². The Morgan fingerprint density at radius 3 is 2.62 bits per heavy atom. The van der Waals surface area contributed by atoms with E-state index in [1.54, 1.807) is 11.8 Å². The molecule has 0 spiro atoms. The van der Waals surface area contributed by atoms with Crippen LogP contribution in [-0.2, 0) is 0 Å². The SMILES string of the molecule is CNCCNC(=O)c1nnn(-c2ccc(OC)cc2)c1C. The average Bonchev–Trinajstić information content (AvgIpc) is 2.89. The largest absolute Gasteiger partial charge is 0.497 e. The minimum Gasteiger partial charge on any atom is -0.497 e. The average molecular weight is 289 g/mol. The van der Waals surface area contributed by atoms with E-state index in [-0.39, 0.29) is 5.91 Å². The van der Waals surface area contributed by atoms with Crippen LogP contribution in [0.4, 0.5) is 0 Å². The maximum atomic E-state index is 12.0. The van der Waals surface area contributed by atoms with E-state index in [0.29, 0.717) is 24.5 Å². The summed E-state index contributed by atoms with van der Waals surface area (Å²) < 4.78 is 6.75. The van der Waals surface area contributed by atoms with Gasteiger partial charge in [-0.2, -0.15) is 0 Å². The van der Waals surface area contributed by atoms with Gasteiger partial charge in [-0.1, -0.05) is 5.21 Å². The molecule has 7 nitrogen and oxygen atoms in total. The number of methoxy groups -OCH3 is 1. The van der Waals surface area contributed by atoms with Crippen molar-refractivity contribution in [3.8, 4) is 11.4 Å². The zero-order valence-corrected chi connectivity index (χ0v) is 12.4. The van der Waals surface area contributed by atoms with Crippen molar-refractivity contribution >= 4 is 5.91 Å². The fourth-order valence-electron chi connectivity index (χ4n) is 1.89. The molecule has 0 fully saturated rings. The summed E-state index contributed by atoms with van der Waals surface area (Å²) in [4.78, 5) is 12.0. The van der Waals surface area contributed by atoms with E-state index in [1.807, 2.05) is 38.2 Å². The third kappa shape index (κ3) is 3.38. The van der Waals surface area contributed by atoms with E-state index in [0.717, 1.165) is 11.4 Å². The number of nitrogens with zero attached hydrogens (tertiary/aromatic N) is 3. The lowest BCUT2D eigenvalue weighted by atomic mass is 10.2. The molecule has 0 saturated carbocycles. The zero-order chi connectivity index (χ0) is 15.2. The number of carbonyl (C=O) groups excluding carboxylic acids is 1. The summed E-state index contributed by atoms with van der Waals surface area (Å²) in [5.41, 5.74) is 1.86. The van der Waals surface area contributed by atoms with Gasteiger partial charge in [0.1, 0.15) is 5.75 Å². The van der Waals surface area contributed by atoms with Crippen molar-refractivity contribution in [1.29, 1.82) is 0 Å². The molecule has 0 aliphatic heterocycles. The van der Waals surface area contributed by atoms with Crippen molar-refractivity contribution in [3.63, 3.8) is 0 Å². The van der Waals surface area contributed by atoms with Crippen LogP contribution < -0.4 is 15.4 Å². The van der Waals surface area contributed by atoms with Crippen LogP contribution in [0.1, 0.15) is 16.2 Å². The third-order valence-corrected chi connectivity index (χ3v) is 3.09. The molecule has 1 heterocycles. The summed E-state index contributed by atoms with van der Waals surface area (Å²) in [6.45, 7) is 3.07. The molecule has 1 amide bonds. The molecule has 1 aromatic carbocycles. The number of hydrogen-bond donors (Lipinski definition) is 2. The molecule has 0 aliphatic rings. The zero-order valence-electron chi connectivity index (χ0n) is 12.4. The lowest BCUT2D eigenvalue weighted by Gasteiger charge is -2.05. The van der Waals surface area contributed by atoms with Crippen LogP contribution in [0.15, 0.2) is 24.3 Å². The van der Waals surface area contributed by atoms with E-state index >= 15 is 0 Å². The number of likely N-dealkylation sites (N-methyl/N-ethyl adjacent to an activating group) is 1. The van der Waals surface area contributed by atoms with Crippen LogP contribution in [-0.4, -0.2) is 48.1 Å². The molecule has 1 aromatic heterocycles. The van der Waals surface area contributed by atoms with Crippen LogP contribution in [0.3, 0.4) is 0 Å². The first kappa shape index (κ1) is 15.0. The van der Waals surface area contributed by atoms with E-state index in [4.69, 9.17) is 4.74 Å². The molecule has 112 valence electrons. The Balaban J connectivity index is 2.17. The second-order valence-electron chi connectivity index (χ2n) is 4.49. The van der Waals surface area contributed by atoms with Crippen molar-refractivity contribution < 1.29 is 9.53 Å². The molecule has 0 unspecified atom stereocenters. The third-order valence-electron chi connectivity index (χ3n) is 3.09. The number of amides is 1. The highest BCUT2D eigenvalue weighted by Gasteiger charge is 2.16. The summed E-state index contributed by atoms with van der Waals surface area (Å²) >= 11 is 0. The predicted molar refractivity (Wildman–Crippen MR) is 78.9 cm³/mol. The molecule has 0 saturated heterocycles. The molecule has 0 aliphatic carbocycles. The monoisotopic (exact) mass is 289 g/mol. The van der Waals surface area contributed by atoms with Gasteiger partial charge in [0.2, 0.25) is 0 Å². The Morgan fingerprint density at radius 2 is 2.00 bits per heavy atom. The van der Waals surface area contributed by atoms with Crippen molar-refractivity contribution in [2.75, 3.05) is 27.2 Å². The van der Waals surface area contributed by atoms with Gasteiger partial charge in [0.05, 0.1) is 18.5 Å². The summed E-state index contributed by atoms with van der Waals surface area (Å²) in [5, 5.41) is 13.8. The highest BCUT2D eigenvalue weighted by atomic mass is 16.5. The van der Waals surface area contributed by atoms with Gasteiger partial charge in [-0.25, -0.2) is 4.68 Å². The summed E-state index contributed by atoms with van der Waals surface area (Å²) in [6.07, 6.45) is 0. The molecule has 0 radical (unpaired) electrons. The summed E-state index contributed by atoms with van der Waals surface area (Å²) in [7, 11) is 3.45. The number of carbonyl (C=O) groups is 1. The normalized spacial score (nSPS) is 10.4. The van der Waals surface area contributed by atoms with Gasteiger partial charge < -0.3 is 15.4 Å². The van der Waals surface area contributed by atoms with Gasteiger partial charge in [-0.05, 0) is 38.2 Å². The summed E-state index contributed by atoms with van der Waals surface area (Å²) in [5.74, 6) is 0.545. The van der Waals surface area contributed by atoms with Gasteiger partial charge in [0.25, 0.3) is 5.91 Å². The maximum Gasteiger partial charge on any atom is 0.273 e. The highest BCUT2D eigenvalue weighted by molar-refractivity contribution is 5.93. The standard InChI is InChI=1S/C14H19N5O2/c1-10-13(14(20)16-9-8-15-2)17-18-19(10)11-4-6-12(21-3)7-5-11/h4-7,15H,8-9H2,1-3H3,(H,16,20). The van der Waals surface area contributed by atoms with E-state index < -0.39 is 0 Å². The minimum atomic E-state index is -0.220. The van der Waals surface area contributed by atoms with Crippen LogP contribution in [0, 0.1) is 6.92 Å². The van der Waals surface area contributed by atoms with Gasteiger partial charge in [0.15, 0.2) is 5.69 Å². The topological polar surface area (TPSA) is 81.1 Å².